The Morgan fingerprint density at radius 2 is 1.86 bits per heavy atom. The minimum Gasteiger partial charge on any atom is -0.306 e. The highest BCUT2D eigenvalue weighted by molar-refractivity contribution is 8.14. The van der Waals surface area contributed by atoms with E-state index in [-0.39, 0.29) is 23.1 Å². The molecule has 7 nitrogen and oxygen atoms in total. The number of urea groups is 1. The minimum absolute atomic E-state index is 0.0761. The minimum atomic E-state index is -4.46. The van der Waals surface area contributed by atoms with Crippen LogP contribution in [0.3, 0.4) is 0 Å². The first kappa shape index (κ1) is 31.2. The van der Waals surface area contributed by atoms with Gasteiger partial charge in [0.1, 0.15) is 12.1 Å². The van der Waals surface area contributed by atoms with Crippen LogP contribution in [0.2, 0.25) is 0 Å². The Labute approximate surface area is 258 Å². The normalized spacial score (nSPS) is 17.0. The number of Topliss-reactive ketones (excluding diaryl/α,β-unsaturated/α-hetero) is 1. The molecule has 0 spiro atoms. The molecule has 44 heavy (non-hydrogen) atoms. The van der Waals surface area contributed by atoms with E-state index in [1.165, 1.54) is 46.0 Å². The lowest BCUT2D eigenvalue weighted by molar-refractivity contribution is -0.137. The molecule has 1 atom stereocenters. The van der Waals surface area contributed by atoms with Gasteiger partial charge in [0.15, 0.2) is 5.82 Å². The van der Waals surface area contributed by atoms with Crippen LogP contribution in [0, 0.1) is 6.92 Å². The summed E-state index contributed by atoms with van der Waals surface area (Å²) in [4.78, 5) is 34.1. The number of alkyl halides is 3. The van der Waals surface area contributed by atoms with Crippen LogP contribution in [0.25, 0.3) is 17.1 Å². The number of amides is 2. The SMILES string of the molecule is Cc1ccc(C(C)C)c(C2CCC(=NC(=O)Nc3ccc(-c4ncn(-c5cccc(C(F)(F)F)c5)n4)cc3)SCC(=O)C2)c1. The van der Waals surface area contributed by atoms with Crippen LogP contribution in [0.1, 0.15) is 67.2 Å². The maximum atomic E-state index is 13.1. The van der Waals surface area contributed by atoms with E-state index >= 15 is 0 Å². The van der Waals surface area contributed by atoms with Gasteiger partial charge in [-0.05, 0) is 85.2 Å². The van der Waals surface area contributed by atoms with Crippen molar-refractivity contribution in [1.29, 1.82) is 0 Å². The first-order valence-corrected chi connectivity index (χ1v) is 15.3. The van der Waals surface area contributed by atoms with Crippen LogP contribution >= 0.6 is 11.8 Å². The van der Waals surface area contributed by atoms with Gasteiger partial charge < -0.3 is 5.32 Å². The third kappa shape index (κ3) is 7.63. The summed E-state index contributed by atoms with van der Waals surface area (Å²) in [6.07, 6.45) is -1.31. The lowest BCUT2D eigenvalue weighted by Crippen LogP contribution is -2.18. The van der Waals surface area contributed by atoms with Gasteiger partial charge in [0.25, 0.3) is 0 Å². The molecule has 1 aliphatic rings. The lowest BCUT2D eigenvalue weighted by Gasteiger charge is -2.24. The van der Waals surface area contributed by atoms with Gasteiger partial charge in [0, 0.05) is 17.7 Å². The molecule has 0 bridgehead atoms. The summed E-state index contributed by atoms with van der Waals surface area (Å²) in [6, 6.07) is 17.5. The fraction of sp³-hybridized carbons (Fsp3) is 0.303. The maximum Gasteiger partial charge on any atom is 0.416 e. The van der Waals surface area contributed by atoms with E-state index in [9.17, 15) is 22.8 Å². The molecule has 1 saturated heterocycles. The van der Waals surface area contributed by atoms with Crippen LogP contribution in [-0.2, 0) is 11.0 Å². The topological polar surface area (TPSA) is 89.2 Å². The first-order valence-electron chi connectivity index (χ1n) is 14.3. The number of nitrogens with zero attached hydrogens (tertiary/aromatic N) is 4. The highest BCUT2D eigenvalue weighted by atomic mass is 32.2. The summed E-state index contributed by atoms with van der Waals surface area (Å²) < 4.78 is 40.6. The van der Waals surface area contributed by atoms with Crippen LogP contribution < -0.4 is 5.32 Å². The molecule has 1 aromatic heterocycles. The molecule has 5 rings (SSSR count). The van der Waals surface area contributed by atoms with Crippen molar-refractivity contribution >= 4 is 34.3 Å². The fourth-order valence-electron chi connectivity index (χ4n) is 5.21. The maximum absolute atomic E-state index is 13.1. The monoisotopic (exact) mass is 619 g/mol. The summed E-state index contributed by atoms with van der Waals surface area (Å²) >= 11 is 1.32. The van der Waals surface area contributed by atoms with Crippen molar-refractivity contribution in [3.05, 3.63) is 95.3 Å². The zero-order valence-electron chi connectivity index (χ0n) is 24.6. The Bertz CT molecular complexity index is 1700. The second-order valence-electron chi connectivity index (χ2n) is 11.1. The number of hydrogen-bond acceptors (Lipinski definition) is 5. The number of thioether (sulfide) groups is 1. The Balaban J connectivity index is 1.24. The highest BCUT2D eigenvalue weighted by Gasteiger charge is 2.30. The van der Waals surface area contributed by atoms with Crippen molar-refractivity contribution in [1.82, 2.24) is 14.8 Å². The van der Waals surface area contributed by atoms with Crippen molar-refractivity contribution in [2.24, 2.45) is 4.99 Å². The smallest absolute Gasteiger partial charge is 0.306 e. The quantitative estimate of drug-likeness (QED) is 0.242. The summed E-state index contributed by atoms with van der Waals surface area (Å²) in [6.45, 7) is 6.37. The Kier molecular flexibility index (Phi) is 9.33. The van der Waals surface area contributed by atoms with Gasteiger partial charge in [-0.3, -0.25) is 4.79 Å². The number of carbonyl (C=O) groups excluding carboxylic acids is 2. The summed E-state index contributed by atoms with van der Waals surface area (Å²) in [5.41, 5.74) is 4.21. The van der Waals surface area contributed by atoms with Gasteiger partial charge >= 0.3 is 12.2 Å². The molecule has 2 heterocycles. The van der Waals surface area contributed by atoms with Crippen molar-refractivity contribution < 1.29 is 22.8 Å². The zero-order valence-corrected chi connectivity index (χ0v) is 25.4. The number of halogens is 3. The largest absolute Gasteiger partial charge is 0.416 e. The van der Waals surface area contributed by atoms with Gasteiger partial charge in [-0.15, -0.1) is 16.9 Å². The Morgan fingerprint density at radius 1 is 1.09 bits per heavy atom. The standard InChI is InChI=1S/C33H32F3N5O2S/c1-20(2)28-13-7-21(3)15-29(28)23-10-14-30(44-18-27(42)16-23)39-32(43)38-25-11-8-22(9-12-25)31-37-19-41(40-31)26-6-4-5-24(17-26)33(34,35)36/h4-9,11-13,15,17,19-20,23H,10,14,16,18H2,1-3H3,(H,38,43). The lowest BCUT2D eigenvalue weighted by atomic mass is 9.83. The second kappa shape index (κ2) is 13.2. The predicted molar refractivity (Wildman–Crippen MR) is 168 cm³/mol. The third-order valence-corrected chi connectivity index (χ3v) is 8.53. The molecule has 228 valence electrons. The first-order chi connectivity index (χ1) is 21.0. The molecule has 2 amide bonds. The summed E-state index contributed by atoms with van der Waals surface area (Å²) in [5, 5.41) is 7.70. The van der Waals surface area contributed by atoms with E-state index in [4.69, 9.17) is 0 Å². The molecule has 1 N–H and O–H groups in total. The molecule has 0 aliphatic carbocycles. The van der Waals surface area contributed by atoms with Crippen LogP contribution in [0.5, 0.6) is 0 Å². The molecule has 11 heteroatoms. The van der Waals surface area contributed by atoms with Crippen molar-refractivity contribution in [3.8, 4) is 17.1 Å². The second-order valence-corrected chi connectivity index (χ2v) is 12.2. The van der Waals surface area contributed by atoms with E-state index in [0.717, 1.165) is 24.1 Å². The number of aliphatic imine (C=N–C) groups is 1. The Hall–Kier alpha value is -4.25. The molecule has 1 unspecified atom stereocenters. The molecule has 0 saturated carbocycles. The van der Waals surface area contributed by atoms with E-state index < -0.39 is 17.8 Å². The van der Waals surface area contributed by atoms with Gasteiger partial charge in [0.2, 0.25) is 0 Å². The number of rotatable bonds is 5. The van der Waals surface area contributed by atoms with Crippen LogP contribution in [-0.4, -0.2) is 37.4 Å². The molecule has 0 radical (unpaired) electrons. The van der Waals surface area contributed by atoms with Crippen LogP contribution in [0.15, 0.2) is 78.0 Å². The number of ketones is 1. The molecule has 3 aromatic carbocycles. The predicted octanol–water partition coefficient (Wildman–Crippen LogP) is 8.59. The van der Waals surface area contributed by atoms with E-state index in [2.05, 4.69) is 59.4 Å². The van der Waals surface area contributed by atoms with E-state index in [1.807, 2.05) is 0 Å². The van der Waals surface area contributed by atoms with Crippen LogP contribution in [0.4, 0.5) is 23.7 Å². The van der Waals surface area contributed by atoms with E-state index in [0.29, 0.717) is 40.9 Å². The molecule has 4 aromatic rings. The van der Waals surface area contributed by atoms with Crippen molar-refractivity contribution in [3.63, 3.8) is 0 Å². The highest BCUT2D eigenvalue weighted by Crippen LogP contribution is 2.35. The summed E-state index contributed by atoms with van der Waals surface area (Å²) in [5.74, 6) is 1.16. The number of aromatic nitrogens is 3. The Morgan fingerprint density at radius 3 is 2.59 bits per heavy atom. The third-order valence-electron chi connectivity index (χ3n) is 7.44. The van der Waals surface area contributed by atoms with Gasteiger partial charge in [0.05, 0.1) is 22.0 Å². The number of benzene rings is 3. The molecular formula is C33H32F3N5O2S. The van der Waals surface area contributed by atoms with E-state index in [1.54, 1.807) is 24.3 Å². The van der Waals surface area contributed by atoms with Gasteiger partial charge in [-0.1, -0.05) is 43.7 Å². The number of nitrogens with one attached hydrogen (secondary N) is 1. The molecular weight excluding hydrogens is 587 g/mol. The number of carbonyl (C=O) groups is 2. The van der Waals surface area contributed by atoms with Crippen molar-refractivity contribution in [2.75, 3.05) is 11.1 Å². The molecule has 1 aliphatic heterocycles. The fourth-order valence-corrected chi connectivity index (χ4v) is 6.06. The van der Waals surface area contributed by atoms with Gasteiger partial charge in [-0.25, -0.2) is 14.5 Å². The summed E-state index contributed by atoms with van der Waals surface area (Å²) in [7, 11) is 0. The average Bonchev–Trinajstić information content (AvgIpc) is 3.47. The average molecular weight is 620 g/mol. The van der Waals surface area contributed by atoms with Crippen molar-refractivity contribution in [2.45, 2.75) is 58.0 Å². The number of aryl methyl sites for hydroxylation is 1. The molecule has 1 fully saturated rings. The number of anilines is 1. The zero-order chi connectivity index (χ0) is 31.4. The number of hydrogen-bond donors (Lipinski definition) is 1. The van der Waals surface area contributed by atoms with Gasteiger partial charge in [-0.2, -0.15) is 18.2 Å².